The molecule has 0 unspecified atom stereocenters. The SMILES string of the molecule is CC(C)CCOC(C)(C)CCN.CNCC(C)C. The van der Waals surface area contributed by atoms with Crippen LogP contribution in [0.1, 0.15) is 54.4 Å². The molecule has 0 aromatic carbocycles. The lowest BCUT2D eigenvalue weighted by Gasteiger charge is -2.25. The number of ether oxygens (including phenoxy) is 1. The number of nitrogens with one attached hydrogen (secondary N) is 1. The summed E-state index contributed by atoms with van der Waals surface area (Å²) in [5, 5.41) is 3.07. The Kier molecular flexibility index (Phi) is 13.4. The number of nitrogens with two attached hydrogens (primary N) is 1. The topological polar surface area (TPSA) is 47.3 Å². The van der Waals surface area contributed by atoms with Gasteiger partial charge in [0, 0.05) is 6.61 Å². The minimum atomic E-state index is -0.0381. The fourth-order valence-electron chi connectivity index (χ4n) is 1.40. The van der Waals surface area contributed by atoms with Gasteiger partial charge in [-0.05, 0) is 58.7 Å². The second-order valence-electron chi connectivity index (χ2n) is 6.28. The van der Waals surface area contributed by atoms with E-state index in [2.05, 4.69) is 46.9 Å². The van der Waals surface area contributed by atoms with Gasteiger partial charge >= 0.3 is 0 Å². The summed E-state index contributed by atoms with van der Waals surface area (Å²) >= 11 is 0. The standard InChI is InChI=1S/C10H23NO.C5H13N/c1-9(2)5-8-12-10(3,4)6-7-11;1-5(2)4-6-3/h9H,5-8,11H2,1-4H3;5-6H,4H2,1-3H3. The van der Waals surface area contributed by atoms with Crippen molar-refractivity contribution in [2.75, 3.05) is 26.7 Å². The smallest absolute Gasteiger partial charge is 0.0638 e. The van der Waals surface area contributed by atoms with E-state index in [1.54, 1.807) is 0 Å². The van der Waals surface area contributed by atoms with Gasteiger partial charge in [-0.15, -0.1) is 0 Å². The average Bonchev–Trinajstić information content (AvgIpc) is 2.16. The molecule has 0 heterocycles. The molecule has 0 bridgehead atoms. The van der Waals surface area contributed by atoms with Gasteiger partial charge in [-0.2, -0.15) is 0 Å². The minimum absolute atomic E-state index is 0.0381. The van der Waals surface area contributed by atoms with Gasteiger partial charge in [-0.1, -0.05) is 27.7 Å². The van der Waals surface area contributed by atoms with Crippen molar-refractivity contribution >= 4 is 0 Å². The first-order chi connectivity index (χ1) is 8.25. The van der Waals surface area contributed by atoms with E-state index in [1.807, 2.05) is 7.05 Å². The molecule has 0 aromatic rings. The monoisotopic (exact) mass is 260 g/mol. The Morgan fingerprint density at radius 3 is 1.94 bits per heavy atom. The molecular formula is C15H36N2O. The quantitative estimate of drug-likeness (QED) is 0.705. The van der Waals surface area contributed by atoms with E-state index >= 15 is 0 Å². The molecule has 0 aliphatic heterocycles. The molecule has 0 spiro atoms. The number of hydrogen-bond acceptors (Lipinski definition) is 3. The lowest BCUT2D eigenvalue weighted by molar-refractivity contribution is -0.0259. The molecule has 0 saturated heterocycles. The zero-order chi connectivity index (χ0) is 14.6. The molecule has 0 aliphatic carbocycles. The van der Waals surface area contributed by atoms with E-state index in [1.165, 1.54) is 0 Å². The molecule has 0 aliphatic rings. The summed E-state index contributed by atoms with van der Waals surface area (Å²) in [7, 11) is 1.97. The first-order valence-electron chi connectivity index (χ1n) is 7.23. The highest BCUT2D eigenvalue weighted by molar-refractivity contribution is 4.68. The van der Waals surface area contributed by atoms with E-state index in [4.69, 9.17) is 10.5 Å². The summed E-state index contributed by atoms with van der Waals surface area (Å²) in [6.07, 6.45) is 2.07. The maximum atomic E-state index is 5.70. The largest absolute Gasteiger partial charge is 0.376 e. The maximum Gasteiger partial charge on any atom is 0.0638 e. The van der Waals surface area contributed by atoms with E-state index in [9.17, 15) is 0 Å². The molecule has 0 fully saturated rings. The Labute approximate surface area is 115 Å². The van der Waals surface area contributed by atoms with Crippen molar-refractivity contribution in [2.24, 2.45) is 17.6 Å². The molecular weight excluding hydrogens is 224 g/mol. The highest BCUT2D eigenvalue weighted by atomic mass is 16.5. The maximum absolute atomic E-state index is 5.70. The predicted octanol–water partition coefficient (Wildman–Crippen LogP) is 3.04. The van der Waals surface area contributed by atoms with E-state index in [-0.39, 0.29) is 5.60 Å². The van der Waals surface area contributed by atoms with Crippen molar-refractivity contribution in [1.82, 2.24) is 5.32 Å². The molecule has 3 N–H and O–H groups in total. The van der Waals surface area contributed by atoms with Gasteiger partial charge in [-0.25, -0.2) is 0 Å². The Bertz CT molecular complexity index is 168. The first kappa shape index (κ1) is 20.2. The molecule has 0 rings (SSSR count). The molecule has 18 heavy (non-hydrogen) atoms. The van der Waals surface area contributed by atoms with Crippen molar-refractivity contribution in [3.8, 4) is 0 Å². The van der Waals surface area contributed by atoms with Crippen LogP contribution in [-0.4, -0.2) is 32.3 Å². The lowest BCUT2D eigenvalue weighted by Crippen LogP contribution is -2.28. The van der Waals surface area contributed by atoms with Gasteiger partial charge in [-0.3, -0.25) is 0 Å². The van der Waals surface area contributed by atoms with Gasteiger partial charge in [0.25, 0.3) is 0 Å². The normalized spacial score (nSPS) is 11.7. The Morgan fingerprint density at radius 1 is 1.11 bits per heavy atom. The Morgan fingerprint density at radius 2 is 1.67 bits per heavy atom. The average molecular weight is 260 g/mol. The van der Waals surface area contributed by atoms with Crippen LogP contribution in [0.15, 0.2) is 0 Å². The summed E-state index contributed by atoms with van der Waals surface area (Å²) in [6.45, 7) is 15.7. The van der Waals surface area contributed by atoms with Crippen LogP contribution in [0.2, 0.25) is 0 Å². The molecule has 0 saturated carbocycles. The van der Waals surface area contributed by atoms with Crippen LogP contribution < -0.4 is 11.1 Å². The van der Waals surface area contributed by atoms with Crippen LogP contribution in [0.25, 0.3) is 0 Å². The summed E-state index contributed by atoms with van der Waals surface area (Å²) in [6, 6.07) is 0. The highest BCUT2D eigenvalue weighted by Gasteiger charge is 2.16. The van der Waals surface area contributed by atoms with Crippen LogP contribution in [0.5, 0.6) is 0 Å². The third-order valence-corrected chi connectivity index (χ3v) is 2.55. The molecule has 0 amide bonds. The van der Waals surface area contributed by atoms with Crippen LogP contribution in [0.3, 0.4) is 0 Å². The van der Waals surface area contributed by atoms with Crippen LogP contribution in [-0.2, 0) is 4.74 Å². The molecule has 0 atom stereocenters. The van der Waals surface area contributed by atoms with Gasteiger partial charge in [0.15, 0.2) is 0 Å². The van der Waals surface area contributed by atoms with Gasteiger partial charge in [0.2, 0.25) is 0 Å². The van der Waals surface area contributed by atoms with Crippen molar-refractivity contribution in [2.45, 2.75) is 60.0 Å². The lowest BCUT2D eigenvalue weighted by atomic mass is 10.1. The van der Waals surface area contributed by atoms with Crippen LogP contribution in [0.4, 0.5) is 0 Å². The van der Waals surface area contributed by atoms with Crippen molar-refractivity contribution in [3.05, 3.63) is 0 Å². The van der Waals surface area contributed by atoms with Crippen molar-refractivity contribution < 1.29 is 4.74 Å². The van der Waals surface area contributed by atoms with Crippen molar-refractivity contribution in [1.29, 1.82) is 0 Å². The summed E-state index contributed by atoms with van der Waals surface area (Å²) in [5.74, 6) is 1.51. The zero-order valence-electron chi connectivity index (χ0n) is 13.7. The van der Waals surface area contributed by atoms with E-state index < -0.39 is 0 Å². The summed E-state index contributed by atoms with van der Waals surface area (Å²) < 4.78 is 5.70. The van der Waals surface area contributed by atoms with Crippen molar-refractivity contribution in [3.63, 3.8) is 0 Å². The Balaban J connectivity index is 0. The molecule has 3 heteroatoms. The third kappa shape index (κ3) is 18.3. The summed E-state index contributed by atoms with van der Waals surface area (Å²) in [5.41, 5.74) is 5.43. The third-order valence-electron chi connectivity index (χ3n) is 2.55. The van der Waals surface area contributed by atoms with E-state index in [0.29, 0.717) is 6.54 Å². The number of rotatable bonds is 8. The van der Waals surface area contributed by atoms with Gasteiger partial charge in [0.05, 0.1) is 5.60 Å². The Hall–Kier alpha value is -0.120. The second-order valence-corrected chi connectivity index (χ2v) is 6.28. The molecule has 3 nitrogen and oxygen atoms in total. The van der Waals surface area contributed by atoms with Gasteiger partial charge in [0.1, 0.15) is 0 Å². The summed E-state index contributed by atoms with van der Waals surface area (Å²) in [4.78, 5) is 0. The highest BCUT2D eigenvalue weighted by Crippen LogP contribution is 2.14. The van der Waals surface area contributed by atoms with E-state index in [0.717, 1.165) is 37.8 Å². The fraction of sp³-hybridized carbons (Fsp3) is 1.00. The first-order valence-corrected chi connectivity index (χ1v) is 7.23. The fourth-order valence-corrected chi connectivity index (χ4v) is 1.40. The molecule has 112 valence electrons. The predicted molar refractivity (Wildman–Crippen MR) is 81.9 cm³/mol. The van der Waals surface area contributed by atoms with Crippen LogP contribution in [0, 0.1) is 11.8 Å². The van der Waals surface area contributed by atoms with Crippen LogP contribution >= 0.6 is 0 Å². The minimum Gasteiger partial charge on any atom is -0.376 e. The molecule has 0 radical (unpaired) electrons. The van der Waals surface area contributed by atoms with Gasteiger partial charge < -0.3 is 15.8 Å². The number of hydrogen-bond donors (Lipinski definition) is 2. The second kappa shape index (κ2) is 11.9. The zero-order valence-corrected chi connectivity index (χ0v) is 13.7. The molecule has 0 aromatic heterocycles.